The van der Waals surface area contributed by atoms with Crippen molar-refractivity contribution in [1.82, 2.24) is 4.90 Å². The average molecular weight is 241 g/mol. The van der Waals surface area contributed by atoms with Gasteiger partial charge in [-0.1, -0.05) is 13.8 Å². The van der Waals surface area contributed by atoms with E-state index in [-0.39, 0.29) is 5.92 Å². The summed E-state index contributed by atoms with van der Waals surface area (Å²) in [5.74, 6) is 1.29. The van der Waals surface area contributed by atoms with Crippen molar-refractivity contribution in [3.63, 3.8) is 0 Å². The highest BCUT2D eigenvalue weighted by Gasteiger charge is 2.20. The van der Waals surface area contributed by atoms with E-state index in [1.165, 1.54) is 0 Å². The average Bonchev–Trinajstić information content (AvgIpc) is 2.38. The standard InChI is InChI=1S/C14H27NO2/c1-4-13(5-2)14(16)15(3)9-6-12-7-10-17-11-8-12/h12-13H,4-11H2,1-3H3. The molecule has 17 heavy (non-hydrogen) atoms. The molecular formula is C14H27NO2. The minimum Gasteiger partial charge on any atom is -0.381 e. The van der Waals surface area contributed by atoms with E-state index in [1.54, 1.807) is 0 Å². The molecule has 0 spiro atoms. The maximum Gasteiger partial charge on any atom is 0.225 e. The fourth-order valence-electron chi connectivity index (χ4n) is 2.47. The Kier molecular flexibility index (Phi) is 6.56. The molecule has 0 saturated carbocycles. The maximum atomic E-state index is 12.1. The first-order valence-electron chi connectivity index (χ1n) is 7.01. The van der Waals surface area contributed by atoms with Crippen LogP contribution < -0.4 is 0 Å². The van der Waals surface area contributed by atoms with Crippen LogP contribution in [-0.2, 0) is 9.53 Å². The predicted octanol–water partition coefficient (Wildman–Crippen LogP) is 2.70. The molecule has 100 valence electrons. The molecule has 0 aliphatic carbocycles. The zero-order valence-corrected chi connectivity index (χ0v) is 11.6. The van der Waals surface area contributed by atoms with Crippen LogP contribution in [0.15, 0.2) is 0 Å². The number of amides is 1. The van der Waals surface area contributed by atoms with Crippen LogP contribution in [0, 0.1) is 11.8 Å². The molecule has 0 radical (unpaired) electrons. The highest BCUT2D eigenvalue weighted by Crippen LogP contribution is 2.19. The number of hydrogen-bond acceptors (Lipinski definition) is 2. The van der Waals surface area contributed by atoms with Crippen molar-refractivity contribution in [3.8, 4) is 0 Å². The van der Waals surface area contributed by atoms with Crippen LogP contribution in [-0.4, -0.2) is 37.6 Å². The van der Waals surface area contributed by atoms with Gasteiger partial charge in [0.1, 0.15) is 0 Å². The lowest BCUT2D eigenvalue weighted by atomic mass is 9.96. The van der Waals surface area contributed by atoms with Crippen LogP contribution >= 0.6 is 0 Å². The Hall–Kier alpha value is -0.570. The summed E-state index contributed by atoms with van der Waals surface area (Å²) in [5.41, 5.74) is 0. The Labute approximate surface area is 106 Å². The van der Waals surface area contributed by atoms with Crippen molar-refractivity contribution in [2.45, 2.75) is 46.0 Å². The molecule has 0 unspecified atom stereocenters. The van der Waals surface area contributed by atoms with E-state index in [4.69, 9.17) is 4.74 Å². The molecule has 0 atom stereocenters. The summed E-state index contributed by atoms with van der Waals surface area (Å²) in [7, 11) is 1.94. The lowest BCUT2D eigenvalue weighted by molar-refractivity contribution is -0.134. The largest absolute Gasteiger partial charge is 0.381 e. The minimum absolute atomic E-state index is 0.217. The number of ether oxygens (including phenoxy) is 1. The lowest BCUT2D eigenvalue weighted by Gasteiger charge is -2.26. The Balaban J connectivity index is 2.27. The van der Waals surface area contributed by atoms with E-state index >= 15 is 0 Å². The molecule has 1 aliphatic rings. The van der Waals surface area contributed by atoms with Gasteiger partial charge in [0.05, 0.1) is 0 Å². The van der Waals surface area contributed by atoms with Gasteiger partial charge < -0.3 is 9.64 Å². The van der Waals surface area contributed by atoms with Gasteiger partial charge in [0.25, 0.3) is 0 Å². The zero-order chi connectivity index (χ0) is 12.7. The van der Waals surface area contributed by atoms with E-state index < -0.39 is 0 Å². The van der Waals surface area contributed by atoms with Gasteiger partial charge in [0.2, 0.25) is 5.91 Å². The van der Waals surface area contributed by atoms with Gasteiger partial charge in [-0.05, 0) is 38.0 Å². The highest BCUT2D eigenvalue weighted by atomic mass is 16.5. The van der Waals surface area contributed by atoms with Crippen LogP contribution in [0.1, 0.15) is 46.0 Å². The van der Waals surface area contributed by atoms with E-state index in [9.17, 15) is 4.79 Å². The Morgan fingerprint density at radius 2 is 1.88 bits per heavy atom. The second kappa shape index (κ2) is 7.70. The van der Waals surface area contributed by atoms with Gasteiger partial charge in [-0.3, -0.25) is 4.79 Å². The third-order valence-corrected chi connectivity index (χ3v) is 3.92. The quantitative estimate of drug-likeness (QED) is 0.715. The molecule has 0 N–H and O–H groups in total. The molecule has 1 heterocycles. The summed E-state index contributed by atoms with van der Waals surface area (Å²) in [5, 5.41) is 0. The van der Waals surface area contributed by atoms with Gasteiger partial charge in [-0.15, -0.1) is 0 Å². The first-order chi connectivity index (χ1) is 8.19. The zero-order valence-electron chi connectivity index (χ0n) is 11.6. The number of carbonyl (C=O) groups is 1. The number of nitrogens with zero attached hydrogens (tertiary/aromatic N) is 1. The van der Waals surface area contributed by atoms with Gasteiger partial charge in [-0.2, -0.15) is 0 Å². The summed E-state index contributed by atoms with van der Waals surface area (Å²) < 4.78 is 5.35. The summed E-state index contributed by atoms with van der Waals surface area (Å²) in [6, 6.07) is 0. The number of hydrogen-bond donors (Lipinski definition) is 0. The van der Waals surface area contributed by atoms with Gasteiger partial charge in [0.15, 0.2) is 0 Å². The second-order valence-corrected chi connectivity index (χ2v) is 5.12. The fraction of sp³-hybridized carbons (Fsp3) is 0.929. The van der Waals surface area contributed by atoms with Crippen molar-refractivity contribution in [2.24, 2.45) is 11.8 Å². The first-order valence-corrected chi connectivity index (χ1v) is 7.01. The molecule has 1 saturated heterocycles. The second-order valence-electron chi connectivity index (χ2n) is 5.12. The van der Waals surface area contributed by atoms with Crippen molar-refractivity contribution < 1.29 is 9.53 Å². The van der Waals surface area contributed by atoms with E-state index in [0.29, 0.717) is 5.91 Å². The normalized spacial score (nSPS) is 17.4. The Bertz CT molecular complexity index is 220. The Morgan fingerprint density at radius 1 is 1.29 bits per heavy atom. The van der Waals surface area contributed by atoms with Crippen LogP contribution in [0.4, 0.5) is 0 Å². The minimum atomic E-state index is 0.217. The van der Waals surface area contributed by atoms with Gasteiger partial charge in [-0.25, -0.2) is 0 Å². The Morgan fingerprint density at radius 3 is 2.41 bits per heavy atom. The SMILES string of the molecule is CCC(CC)C(=O)N(C)CCC1CCOCC1. The molecule has 0 aromatic carbocycles. The predicted molar refractivity (Wildman–Crippen MR) is 69.9 cm³/mol. The van der Waals surface area contributed by atoms with Crippen molar-refractivity contribution in [3.05, 3.63) is 0 Å². The van der Waals surface area contributed by atoms with Crippen molar-refractivity contribution >= 4 is 5.91 Å². The molecule has 0 bridgehead atoms. The molecule has 1 fully saturated rings. The van der Waals surface area contributed by atoms with Crippen LogP contribution in [0.5, 0.6) is 0 Å². The summed E-state index contributed by atoms with van der Waals surface area (Å²) in [6.45, 7) is 6.89. The lowest BCUT2D eigenvalue weighted by Crippen LogP contribution is -2.34. The summed E-state index contributed by atoms with van der Waals surface area (Å²) in [6.07, 6.45) is 5.36. The van der Waals surface area contributed by atoms with E-state index in [0.717, 1.165) is 57.8 Å². The van der Waals surface area contributed by atoms with E-state index in [2.05, 4.69) is 13.8 Å². The summed E-state index contributed by atoms with van der Waals surface area (Å²) in [4.78, 5) is 14.0. The molecule has 1 aliphatic heterocycles. The maximum absolute atomic E-state index is 12.1. The molecule has 0 aromatic heterocycles. The van der Waals surface area contributed by atoms with Crippen LogP contribution in [0.3, 0.4) is 0 Å². The summed E-state index contributed by atoms with van der Waals surface area (Å²) >= 11 is 0. The third kappa shape index (κ3) is 4.66. The van der Waals surface area contributed by atoms with Gasteiger partial charge >= 0.3 is 0 Å². The van der Waals surface area contributed by atoms with E-state index in [1.807, 2.05) is 11.9 Å². The fourth-order valence-corrected chi connectivity index (χ4v) is 2.47. The highest BCUT2D eigenvalue weighted by molar-refractivity contribution is 5.78. The molecule has 0 aromatic rings. The third-order valence-electron chi connectivity index (χ3n) is 3.92. The van der Waals surface area contributed by atoms with Crippen LogP contribution in [0.2, 0.25) is 0 Å². The van der Waals surface area contributed by atoms with Crippen LogP contribution in [0.25, 0.3) is 0 Å². The number of rotatable bonds is 6. The molecule has 3 heteroatoms. The number of carbonyl (C=O) groups excluding carboxylic acids is 1. The molecular weight excluding hydrogens is 214 g/mol. The smallest absolute Gasteiger partial charge is 0.225 e. The molecule has 3 nitrogen and oxygen atoms in total. The van der Waals surface area contributed by atoms with Crippen molar-refractivity contribution in [2.75, 3.05) is 26.8 Å². The monoisotopic (exact) mass is 241 g/mol. The van der Waals surface area contributed by atoms with Crippen molar-refractivity contribution in [1.29, 1.82) is 0 Å². The topological polar surface area (TPSA) is 29.5 Å². The van der Waals surface area contributed by atoms with Gasteiger partial charge in [0, 0.05) is 32.7 Å². The molecule has 1 rings (SSSR count). The molecule has 1 amide bonds. The first kappa shape index (κ1) is 14.5.